The number of rotatable bonds is 2. The summed E-state index contributed by atoms with van der Waals surface area (Å²) in [6, 6.07) is 5.26. The zero-order valence-corrected chi connectivity index (χ0v) is 10.5. The number of hydrogen-bond acceptors (Lipinski definition) is 4. The van der Waals surface area contributed by atoms with Crippen LogP contribution in [0.2, 0.25) is 5.02 Å². The summed E-state index contributed by atoms with van der Waals surface area (Å²) in [7, 11) is 0. The van der Waals surface area contributed by atoms with Crippen LogP contribution in [-0.4, -0.2) is 4.98 Å². The highest BCUT2D eigenvalue weighted by atomic mass is 35.5. The number of aromatic nitrogens is 1. The van der Waals surface area contributed by atoms with Crippen LogP contribution >= 0.6 is 22.9 Å². The third kappa shape index (κ3) is 2.13. The molecule has 0 aliphatic rings. The Labute approximate surface area is 103 Å². The second-order valence-corrected chi connectivity index (χ2v) is 4.95. The van der Waals surface area contributed by atoms with Crippen LogP contribution in [0.1, 0.15) is 10.6 Å². The summed E-state index contributed by atoms with van der Waals surface area (Å²) in [5, 5.41) is 1.06. The minimum absolute atomic E-state index is 0.470. The van der Waals surface area contributed by atoms with Crippen molar-refractivity contribution in [1.82, 2.24) is 4.98 Å². The van der Waals surface area contributed by atoms with Crippen LogP contribution in [0.5, 0.6) is 10.9 Å². The van der Waals surface area contributed by atoms with Gasteiger partial charge in [0, 0.05) is 4.88 Å². The topological polar surface area (TPSA) is 48.1 Å². The first kappa shape index (κ1) is 11.2. The Kier molecular flexibility index (Phi) is 3.03. The van der Waals surface area contributed by atoms with E-state index in [9.17, 15) is 0 Å². The molecule has 0 bridgehead atoms. The van der Waals surface area contributed by atoms with E-state index in [2.05, 4.69) is 4.98 Å². The van der Waals surface area contributed by atoms with Gasteiger partial charge in [0.15, 0.2) is 5.75 Å². The molecule has 0 radical (unpaired) electrons. The van der Waals surface area contributed by atoms with Gasteiger partial charge < -0.3 is 10.5 Å². The van der Waals surface area contributed by atoms with E-state index in [0.29, 0.717) is 21.7 Å². The molecule has 2 N–H and O–H groups in total. The number of nitrogens with zero attached hydrogens (tertiary/aromatic N) is 1. The number of nitrogen functional groups attached to an aromatic ring is 1. The van der Waals surface area contributed by atoms with Crippen LogP contribution in [0.15, 0.2) is 18.2 Å². The Morgan fingerprint density at radius 3 is 2.69 bits per heavy atom. The number of ether oxygens (including phenoxy) is 1. The minimum atomic E-state index is 0.470. The number of halogens is 1. The molecular formula is C11H11ClN2OS. The molecule has 0 atom stereocenters. The number of para-hydroxylation sites is 1. The van der Waals surface area contributed by atoms with E-state index >= 15 is 0 Å². The van der Waals surface area contributed by atoms with Crippen molar-refractivity contribution in [2.45, 2.75) is 13.8 Å². The Morgan fingerprint density at radius 1 is 1.38 bits per heavy atom. The molecule has 2 aromatic rings. The summed E-state index contributed by atoms with van der Waals surface area (Å²) in [5.41, 5.74) is 7.26. The molecule has 1 aromatic heterocycles. The average Bonchev–Trinajstić information content (AvgIpc) is 2.53. The second kappa shape index (κ2) is 4.31. The largest absolute Gasteiger partial charge is 0.427 e. The Balaban J connectivity index is 2.33. The van der Waals surface area contributed by atoms with E-state index in [4.69, 9.17) is 22.1 Å². The van der Waals surface area contributed by atoms with Gasteiger partial charge in [-0.1, -0.05) is 29.0 Å². The molecule has 0 amide bonds. The Bertz CT molecular complexity index is 485. The van der Waals surface area contributed by atoms with E-state index in [-0.39, 0.29) is 0 Å². The van der Waals surface area contributed by atoms with Gasteiger partial charge in [-0.2, -0.15) is 0 Å². The average molecular weight is 255 g/mol. The predicted octanol–water partition coefficient (Wildman–Crippen LogP) is 3.79. The van der Waals surface area contributed by atoms with Crippen molar-refractivity contribution in [2.24, 2.45) is 0 Å². The van der Waals surface area contributed by atoms with Gasteiger partial charge in [0.25, 0.3) is 5.19 Å². The van der Waals surface area contributed by atoms with Crippen LogP contribution in [0.4, 0.5) is 5.69 Å². The Hall–Kier alpha value is -1.26. The lowest BCUT2D eigenvalue weighted by atomic mass is 10.3. The lowest BCUT2D eigenvalue weighted by Crippen LogP contribution is -1.92. The van der Waals surface area contributed by atoms with Gasteiger partial charge in [-0.15, -0.1) is 0 Å². The molecule has 1 heterocycles. The van der Waals surface area contributed by atoms with Gasteiger partial charge in [0.2, 0.25) is 0 Å². The first-order valence-electron chi connectivity index (χ1n) is 4.74. The molecule has 5 heteroatoms. The van der Waals surface area contributed by atoms with Crippen molar-refractivity contribution in [3.63, 3.8) is 0 Å². The molecule has 1 aromatic carbocycles. The van der Waals surface area contributed by atoms with Gasteiger partial charge in [0.05, 0.1) is 16.4 Å². The lowest BCUT2D eigenvalue weighted by Gasteiger charge is -2.06. The van der Waals surface area contributed by atoms with Crippen molar-refractivity contribution in [2.75, 3.05) is 5.73 Å². The lowest BCUT2D eigenvalue weighted by molar-refractivity contribution is 0.480. The van der Waals surface area contributed by atoms with E-state index < -0.39 is 0 Å². The van der Waals surface area contributed by atoms with Crippen LogP contribution in [0, 0.1) is 13.8 Å². The zero-order valence-electron chi connectivity index (χ0n) is 8.95. The third-order valence-corrected chi connectivity index (χ3v) is 3.44. The minimum Gasteiger partial charge on any atom is -0.427 e. The maximum Gasteiger partial charge on any atom is 0.279 e. The van der Waals surface area contributed by atoms with E-state index in [1.165, 1.54) is 11.3 Å². The highest BCUT2D eigenvalue weighted by Crippen LogP contribution is 2.36. The number of thiazole rings is 1. The summed E-state index contributed by atoms with van der Waals surface area (Å²) in [6.07, 6.45) is 0. The van der Waals surface area contributed by atoms with Crippen molar-refractivity contribution in [1.29, 1.82) is 0 Å². The number of benzene rings is 1. The fraction of sp³-hybridized carbons (Fsp3) is 0.182. The van der Waals surface area contributed by atoms with Gasteiger partial charge in [-0.25, -0.2) is 4.98 Å². The monoisotopic (exact) mass is 254 g/mol. The number of hydrogen-bond donors (Lipinski definition) is 1. The standard InChI is InChI=1S/C11H11ClN2OS/c1-6-7(2)16-11(14-6)15-10-8(12)4-3-5-9(10)13/h3-5H,13H2,1-2H3. The van der Waals surface area contributed by atoms with Crippen molar-refractivity contribution in [3.8, 4) is 10.9 Å². The molecule has 0 spiro atoms. The smallest absolute Gasteiger partial charge is 0.279 e. The normalized spacial score (nSPS) is 10.4. The van der Waals surface area contributed by atoms with E-state index in [1.54, 1.807) is 18.2 Å². The zero-order chi connectivity index (χ0) is 11.7. The van der Waals surface area contributed by atoms with Gasteiger partial charge in [-0.05, 0) is 26.0 Å². The molecular weight excluding hydrogens is 244 g/mol. The molecule has 3 nitrogen and oxygen atoms in total. The summed E-state index contributed by atoms with van der Waals surface area (Å²) in [5.74, 6) is 0.470. The van der Waals surface area contributed by atoms with Gasteiger partial charge >= 0.3 is 0 Å². The van der Waals surface area contributed by atoms with Gasteiger partial charge in [-0.3, -0.25) is 0 Å². The van der Waals surface area contributed by atoms with Crippen LogP contribution in [-0.2, 0) is 0 Å². The first-order valence-corrected chi connectivity index (χ1v) is 5.93. The highest BCUT2D eigenvalue weighted by molar-refractivity contribution is 7.13. The summed E-state index contributed by atoms with van der Waals surface area (Å²) in [6.45, 7) is 3.93. The Morgan fingerprint density at radius 2 is 2.12 bits per heavy atom. The molecule has 0 saturated carbocycles. The number of anilines is 1. The second-order valence-electron chi connectivity index (χ2n) is 3.38. The fourth-order valence-electron chi connectivity index (χ4n) is 1.21. The fourth-order valence-corrected chi connectivity index (χ4v) is 2.19. The van der Waals surface area contributed by atoms with Crippen molar-refractivity contribution >= 4 is 28.6 Å². The molecule has 84 valence electrons. The first-order chi connectivity index (χ1) is 7.58. The van der Waals surface area contributed by atoms with E-state index in [1.807, 2.05) is 13.8 Å². The highest BCUT2D eigenvalue weighted by Gasteiger charge is 2.10. The summed E-state index contributed by atoms with van der Waals surface area (Å²) in [4.78, 5) is 5.40. The predicted molar refractivity (Wildman–Crippen MR) is 67.5 cm³/mol. The third-order valence-electron chi connectivity index (χ3n) is 2.20. The van der Waals surface area contributed by atoms with Crippen molar-refractivity contribution in [3.05, 3.63) is 33.8 Å². The summed E-state index contributed by atoms with van der Waals surface area (Å²) < 4.78 is 5.59. The van der Waals surface area contributed by atoms with Gasteiger partial charge in [0.1, 0.15) is 0 Å². The number of nitrogens with two attached hydrogens (primary N) is 1. The van der Waals surface area contributed by atoms with Crippen LogP contribution < -0.4 is 10.5 Å². The summed E-state index contributed by atoms with van der Waals surface area (Å²) >= 11 is 7.48. The SMILES string of the molecule is Cc1nc(Oc2c(N)cccc2Cl)sc1C. The maximum atomic E-state index is 6.00. The molecule has 0 unspecified atom stereocenters. The van der Waals surface area contributed by atoms with Crippen molar-refractivity contribution < 1.29 is 4.74 Å². The molecule has 0 aliphatic heterocycles. The number of aryl methyl sites for hydroxylation is 2. The molecule has 0 fully saturated rings. The van der Waals surface area contributed by atoms with Crippen LogP contribution in [0.25, 0.3) is 0 Å². The molecule has 0 saturated heterocycles. The quantitative estimate of drug-likeness (QED) is 0.830. The molecule has 0 aliphatic carbocycles. The van der Waals surface area contributed by atoms with Crippen LogP contribution in [0.3, 0.4) is 0 Å². The molecule has 16 heavy (non-hydrogen) atoms. The molecule has 2 rings (SSSR count). The van der Waals surface area contributed by atoms with E-state index in [0.717, 1.165) is 10.6 Å². The maximum absolute atomic E-state index is 6.00.